The number of Topliss-reactive ketones (excluding diaryl/α,β-unsaturated/α-hetero) is 1. The van der Waals surface area contributed by atoms with E-state index < -0.39 is 12.2 Å². The molecule has 4 N–H and O–H groups in total. The lowest BCUT2D eigenvalue weighted by Gasteiger charge is -2.39. The summed E-state index contributed by atoms with van der Waals surface area (Å²) in [6.07, 6.45) is 8.92. The van der Waals surface area contributed by atoms with Crippen LogP contribution in [0.4, 0.5) is 5.82 Å². The Labute approximate surface area is 208 Å². The fraction of sp³-hybridized carbons (Fsp3) is 0.500. The van der Waals surface area contributed by atoms with E-state index >= 15 is 0 Å². The second kappa shape index (κ2) is 8.35. The summed E-state index contributed by atoms with van der Waals surface area (Å²) < 4.78 is 1.50. The molecule has 3 aliphatic rings. The van der Waals surface area contributed by atoms with Crippen LogP contribution in [0.5, 0.6) is 0 Å². The van der Waals surface area contributed by atoms with Gasteiger partial charge in [0, 0.05) is 35.3 Å². The van der Waals surface area contributed by atoms with Crippen molar-refractivity contribution in [2.75, 3.05) is 12.3 Å². The number of anilines is 1. The van der Waals surface area contributed by atoms with Crippen molar-refractivity contribution in [3.63, 3.8) is 0 Å². The van der Waals surface area contributed by atoms with Crippen LogP contribution in [0.1, 0.15) is 79.5 Å². The van der Waals surface area contributed by atoms with E-state index in [1.54, 1.807) is 12.4 Å². The van der Waals surface area contributed by atoms with Gasteiger partial charge >= 0.3 is 0 Å². The molecule has 10 heteroatoms. The maximum absolute atomic E-state index is 12.7. The van der Waals surface area contributed by atoms with Gasteiger partial charge in [-0.25, -0.2) is 4.98 Å². The van der Waals surface area contributed by atoms with Crippen molar-refractivity contribution in [2.24, 2.45) is 0 Å². The van der Waals surface area contributed by atoms with Crippen LogP contribution in [0.25, 0.3) is 16.8 Å². The van der Waals surface area contributed by atoms with Gasteiger partial charge in [-0.05, 0) is 57.9 Å². The number of carbonyl (C=O) groups excluding carboxylic acids is 2. The zero-order valence-electron chi connectivity index (χ0n) is 20.2. The lowest BCUT2D eigenvalue weighted by Crippen LogP contribution is -2.47. The monoisotopic (exact) mass is 490 g/mol. The second-order valence-electron chi connectivity index (χ2n) is 10.4. The molecular weight excluding hydrogens is 460 g/mol. The van der Waals surface area contributed by atoms with E-state index in [9.17, 15) is 19.8 Å². The number of piperidine rings is 1. The van der Waals surface area contributed by atoms with Gasteiger partial charge in [0.1, 0.15) is 18.0 Å². The van der Waals surface area contributed by atoms with E-state index in [-0.39, 0.29) is 35.5 Å². The van der Waals surface area contributed by atoms with Gasteiger partial charge in [0.05, 0.1) is 23.1 Å². The average molecular weight is 491 g/mol. The second-order valence-corrected chi connectivity index (χ2v) is 10.4. The molecule has 0 aromatic carbocycles. The minimum atomic E-state index is -0.836. The molecule has 1 saturated carbocycles. The van der Waals surface area contributed by atoms with Crippen molar-refractivity contribution < 1.29 is 19.8 Å². The number of amides is 1. The third kappa shape index (κ3) is 3.42. The van der Waals surface area contributed by atoms with Crippen molar-refractivity contribution in [2.45, 2.75) is 75.5 Å². The van der Waals surface area contributed by atoms with E-state index in [1.165, 1.54) is 11.4 Å². The first kappa shape index (κ1) is 23.1. The average Bonchev–Trinajstić information content (AvgIpc) is 3.40. The molecule has 1 amide bonds. The van der Waals surface area contributed by atoms with E-state index in [0.29, 0.717) is 35.4 Å². The normalized spacial score (nSPS) is 24.6. The van der Waals surface area contributed by atoms with E-state index in [4.69, 9.17) is 10.7 Å². The zero-order valence-corrected chi connectivity index (χ0v) is 20.2. The van der Waals surface area contributed by atoms with Gasteiger partial charge in [0.15, 0.2) is 11.4 Å². The molecule has 2 aliphatic heterocycles. The number of nitrogens with zero attached hydrogens (tertiary/aromatic N) is 5. The standard InChI is InChI=1S/C26H30N6O4/c1-14(34)22-23(16-9-17-4-5-18(10-16)31(17)21(35)13-33)30-25-19(12-29-32(25)24(22)27)15-3-6-20(28-11-15)26(36)7-2-8-26/h3,6,11-12,16-18,33,36H,2,4-5,7-10,13,27H2,1H3/t16-,17-,18+. The first-order valence-electron chi connectivity index (χ1n) is 12.6. The molecule has 1 aliphatic carbocycles. The van der Waals surface area contributed by atoms with Crippen LogP contribution in [0.15, 0.2) is 24.5 Å². The quantitative estimate of drug-likeness (QED) is 0.461. The molecule has 3 aromatic heterocycles. The van der Waals surface area contributed by atoms with Crippen molar-refractivity contribution >= 4 is 23.2 Å². The van der Waals surface area contributed by atoms with Crippen molar-refractivity contribution in [3.05, 3.63) is 41.5 Å². The zero-order chi connectivity index (χ0) is 25.2. The highest BCUT2D eigenvalue weighted by molar-refractivity contribution is 6.00. The van der Waals surface area contributed by atoms with Crippen molar-refractivity contribution in [1.29, 1.82) is 0 Å². The van der Waals surface area contributed by atoms with Crippen molar-refractivity contribution in [3.8, 4) is 11.1 Å². The molecule has 188 valence electrons. The molecular formula is C26H30N6O4. The Hall–Kier alpha value is -3.37. The van der Waals surface area contributed by atoms with Crippen LogP contribution in [-0.4, -0.2) is 65.1 Å². The Morgan fingerprint density at radius 3 is 2.44 bits per heavy atom. The molecule has 36 heavy (non-hydrogen) atoms. The van der Waals surface area contributed by atoms with Crippen LogP contribution in [0.3, 0.4) is 0 Å². The first-order chi connectivity index (χ1) is 17.3. The molecule has 3 atom stereocenters. The summed E-state index contributed by atoms with van der Waals surface area (Å²) in [6, 6.07) is 3.79. The predicted octanol–water partition coefficient (Wildman–Crippen LogP) is 2.18. The van der Waals surface area contributed by atoms with Crippen LogP contribution in [0.2, 0.25) is 0 Å². The molecule has 0 radical (unpaired) electrons. The number of rotatable bonds is 5. The third-order valence-electron chi connectivity index (χ3n) is 8.34. The molecule has 2 saturated heterocycles. The highest BCUT2D eigenvalue weighted by Gasteiger charge is 2.44. The fourth-order valence-electron chi connectivity index (χ4n) is 6.38. The summed E-state index contributed by atoms with van der Waals surface area (Å²) in [5.74, 6) is -0.193. The Kier molecular flexibility index (Phi) is 5.34. The molecule has 3 fully saturated rings. The number of nitrogens with two attached hydrogens (primary N) is 1. The molecule has 3 aromatic rings. The van der Waals surface area contributed by atoms with Gasteiger partial charge in [-0.2, -0.15) is 9.61 Å². The fourth-order valence-corrected chi connectivity index (χ4v) is 6.38. The molecule has 6 rings (SSSR count). The van der Waals surface area contributed by atoms with Gasteiger partial charge in [0.25, 0.3) is 0 Å². The van der Waals surface area contributed by atoms with Crippen molar-refractivity contribution in [1.82, 2.24) is 24.5 Å². The number of pyridine rings is 1. The number of ketones is 1. The number of hydrogen-bond donors (Lipinski definition) is 3. The van der Waals surface area contributed by atoms with Crippen LogP contribution in [0, 0.1) is 0 Å². The predicted molar refractivity (Wildman–Crippen MR) is 131 cm³/mol. The summed E-state index contributed by atoms with van der Waals surface area (Å²) >= 11 is 0. The topological polar surface area (TPSA) is 147 Å². The van der Waals surface area contributed by atoms with Crippen LogP contribution in [-0.2, 0) is 10.4 Å². The smallest absolute Gasteiger partial charge is 0.248 e. The number of aromatic nitrogens is 4. The van der Waals surface area contributed by atoms with Crippen LogP contribution < -0.4 is 5.73 Å². The Bertz CT molecular complexity index is 1350. The lowest BCUT2D eigenvalue weighted by atomic mass is 9.77. The summed E-state index contributed by atoms with van der Waals surface area (Å²) in [5.41, 5.74) is 9.45. The number of aliphatic hydroxyl groups is 2. The summed E-state index contributed by atoms with van der Waals surface area (Å²) in [6.45, 7) is 0.997. The SMILES string of the molecule is CC(=O)c1c([C@@H]2C[C@H]3CC[C@@H](C2)N3C(=O)CO)nc2c(-c3ccc(C4(O)CCC4)nc3)cnn2c1N. The summed E-state index contributed by atoms with van der Waals surface area (Å²) in [4.78, 5) is 36.3. The van der Waals surface area contributed by atoms with Crippen LogP contribution >= 0.6 is 0 Å². The molecule has 10 nitrogen and oxygen atoms in total. The largest absolute Gasteiger partial charge is 0.387 e. The van der Waals surface area contributed by atoms with Gasteiger partial charge in [-0.3, -0.25) is 14.6 Å². The minimum absolute atomic E-state index is 0.0193. The van der Waals surface area contributed by atoms with E-state index in [1.807, 2.05) is 17.0 Å². The number of hydrogen-bond acceptors (Lipinski definition) is 8. The third-order valence-corrected chi connectivity index (χ3v) is 8.34. The van der Waals surface area contributed by atoms with E-state index in [0.717, 1.165) is 43.2 Å². The highest BCUT2D eigenvalue weighted by atomic mass is 16.3. The van der Waals surface area contributed by atoms with Gasteiger partial charge in [-0.1, -0.05) is 6.07 Å². The summed E-state index contributed by atoms with van der Waals surface area (Å²) in [7, 11) is 0. The summed E-state index contributed by atoms with van der Waals surface area (Å²) in [5, 5.41) is 24.4. The minimum Gasteiger partial charge on any atom is -0.387 e. The number of aliphatic hydroxyl groups excluding tert-OH is 1. The number of nitrogen functional groups attached to an aromatic ring is 1. The molecule has 0 spiro atoms. The first-order valence-corrected chi connectivity index (χ1v) is 12.6. The Morgan fingerprint density at radius 2 is 1.89 bits per heavy atom. The van der Waals surface area contributed by atoms with E-state index in [2.05, 4.69) is 10.1 Å². The molecule has 5 heterocycles. The maximum Gasteiger partial charge on any atom is 0.248 e. The Balaban J connectivity index is 1.41. The Morgan fingerprint density at radius 1 is 1.17 bits per heavy atom. The number of fused-ring (bicyclic) bond motifs is 3. The highest BCUT2D eigenvalue weighted by Crippen LogP contribution is 2.45. The van der Waals surface area contributed by atoms with Gasteiger partial charge in [-0.15, -0.1) is 0 Å². The molecule has 2 bridgehead atoms. The molecule has 0 unspecified atom stereocenters. The van der Waals surface area contributed by atoms with Gasteiger partial charge in [0.2, 0.25) is 5.91 Å². The van der Waals surface area contributed by atoms with Gasteiger partial charge < -0.3 is 20.8 Å². The maximum atomic E-state index is 12.7. The number of carbonyl (C=O) groups is 2. The lowest BCUT2D eigenvalue weighted by molar-refractivity contribution is -0.138.